The third-order valence-electron chi connectivity index (χ3n) is 4.11. The van der Waals surface area contributed by atoms with Crippen LogP contribution in [0.15, 0.2) is 11.4 Å². The second kappa shape index (κ2) is 9.19. The lowest BCUT2D eigenvalue weighted by Crippen LogP contribution is -2.40. The van der Waals surface area contributed by atoms with Crippen LogP contribution in [0, 0.1) is 5.92 Å². The van der Waals surface area contributed by atoms with E-state index in [4.69, 9.17) is 14.2 Å². The van der Waals surface area contributed by atoms with Crippen LogP contribution in [0.2, 0.25) is 0 Å². The van der Waals surface area contributed by atoms with Crippen molar-refractivity contribution < 1.29 is 19.0 Å². The van der Waals surface area contributed by atoms with Crippen molar-refractivity contribution in [2.75, 3.05) is 45.1 Å². The van der Waals surface area contributed by atoms with Gasteiger partial charge in [-0.15, -0.1) is 0 Å². The van der Waals surface area contributed by atoms with E-state index in [9.17, 15) is 4.79 Å². The zero-order valence-corrected chi connectivity index (χ0v) is 15.5. The topological polar surface area (TPSA) is 73.8 Å². The molecule has 1 saturated heterocycles. The maximum atomic E-state index is 12.2. The molecule has 0 bridgehead atoms. The highest BCUT2D eigenvalue weighted by Crippen LogP contribution is 2.28. The summed E-state index contributed by atoms with van der Waals surface area (Å²) < 4.78 is 15.9. The lowest BCUT2D eigenvalue weighted by molar-refractivity contribution is -0.141. The molecule has 7 nitrogen and oxygen atoms in total. The van der Waals surface area contributed by atoms with Gasteiger partial charge >= 0.3 is 5.97 Å². The van der Waals surface area contributed by atoms with Gasteiger partial charge in [-0.3, -0.25) is 0 Å². The number of carbonyl (C=O) groups excluding carboxylic acids is 1. The van der Waals surface area contributed by atoms with E-state index in [2.05, 4.69) is 14.9 Å². The summed E-state index contributed by atoms with van der Waals surface area (Å²) in [5.74, 6) is 0.607. The summed E-state index contributed by atoms with van der Waals surface area (Å²) in [6, 6.07) is 0. The quantitative estimate of drug-likeness (QED) is 0.319. The molecule has 0 N–H and O–H groups in total. The zero-order valence-electron chi connectivity index (χ0n) is 14.7. The number of anilines is 1. The van der Waals surface area contributed by atoms with Crippen molar-refractivity contribution >= 4 is 23.5 Å². The Kier molecular flexibility index (Phi) is 7.26. The molecule has 2 heterocycles. The fourth-order valence-electron chi connectivity index (χ4n) is 2.91. The number of esters is 1. The smallest absolute Gasteiger partial charge is 0.343 e. The van der Waals surface area contributed by atoms with E-state index in [-0.39, 0.29) is 12.3 Å². The SMILES string of the molecule is CCOC(=O)c1cnc(SC)nc1N1CCC(C(OC)OC)CC1. The largest absolute Gasteiger partial charge is 0.462 e. The molecule has 1 fully saturated rings. The van der Waals surface area contributed by atoms with Crippen LogP contribution in [0.5, 0.6) is 0 Å². The molecule has 0 aromatic carbocycles. The number of hydrogen-bond donors (Lipinski definition) is 0. The lowest BCUT2D eigenvalue weighted by atomic mass is 9.96. The van der Waals surface area contributed by atoms with Crippen LogP contribution in [-0.2, 0) is 14.2 Å². The predicted molar refractivity (Wildman–Crippen MR) is 92.5 cm³/mol. The van der Waals surface area contributed by atoms with Crippen molar-refractivity contribution in [3.05, 3.63) is 11.8 Å². The minimum absolute atomic E-state index is 0.191. The van der Waals surface area contributed by atoms with Gasteiger partial charge in [0.15, 0.2) is 11.4 Å². The highest BCUT2D eigenvalue weighted by atomic mass is 32.2. The molecule has 0 saturated carbocycles. The second-order valence-corrected chi connectivity index (χ2v) is 6.25. The van der Waals surface area contributed by atoms with Gasteiger partial charge in [0, 0.05) is 39.4 Å². The third-order valence-corrected chi connectivity index (χ3v) is 4.67. The van der Waals surface area contributed by atoms with Crippen LogP contribution < -0.4 is 4.90 Å². The van der Waals surface area contributed by atoms with Crippen molar-refractivity contribution in [1.29, 1.82) is 0 Å². The van der Waals surface area contributed by atoms with Gasteiger partial charge < -0.3 is 19.1 Å². The summed E-state index contributed by atoms with van der Waals surface area (Å²) in [7, 11) is 3.32. The molecule has 0 unspecified atom stereocenters. The first kappa shape index (κ1) is 19.0. The maximum Gasteiger partial charge on any atom is 0.343 e. The zero-order chi connectivity index (χ0) is 17.5. The first-order chi connectivity index (χ1) is 11.6. The monoisotopic (exact) mass is 355 g/mol. The number of ether oxygens (including phenoxy) is 3. The van der Waals surface area contributed by atoms with Crippen LogP contribution >= 0.6 is 11.8 Å². The Morgan fingerprint density at radius 1 is 1.38 bits per heavy atom. The van der Waals surface area contributed by atoms with Crippen LogP contribution in [0.3, 0.4) is 0 Å². The highest BCUT2D eigenvalue weighted by Gasteiger charge is 2.29. The summed E-state index contributed by atoms with van der Waals surface area (Å²) in [5, 5.41) is 0.645. The van der Waals surface area contributed by atoms with E-state index < -0.39 is 0 Å². The molecule has 1 aromatic heterocycles. The molecule has 24 heavy (non-hydrogen) atoms. The van der Waals surface area contributed by atoms with Gasteiger partial charge in [0.2, 0.25) is 0 Å². The summed E-state index contributed by atoms with van der Waals surface area (Å²) in [6.45, 7) is 3.68. The maximum absolute atomic E-state index is 12.2. The van der Waals surface area contributed by atoms with Gasteiger partial charge in [-0.05, 0) is 26.0 Å². The Bertz CT molecular complexity index is 546. The van der Waals surface area contributed by atoms with Crippen LogP contribution in [0.25, 0.3) is 0 Å². The molecule has 0 atom stereocenters. The second-order valence-electron chi connectivity index (χ2n) is 5.48. The molecule has 8 heteroatoms. The number of nitrogens with zero attached hydrogens (tertiary/aromatic N) is 3. The summed E-state index contributed by atoms with van der Waals surface area (Å²) >= 11 is 1.45. The van der Waals surface area contributed by atoms with E-state index in [1.54, 1.807) is 27.3 Å². The van der Waals surface area contributed by atoms with E-state index >= 15 is 0 Å². The predicted octanol–water partition coefficient (Wildman–Crippen LogP) is 2.21. The van der Waals surface area contributed by atoms with Crippen LogP contribution in [0.1, 0.15) is 30.1 Å². The molecule has 134 valence electrons. The average molecular weight is 355 g/mol. The van der Waals surface area contributed by atoms with Crippen molar-refractivity contribution in [3.8, 4) is 0 Å². The Morgan fingerprint density at radius 3 is 2.58 bits per heavy atom. The fraction of sp³-hybridized carbons (Fsp3) is 0.688. The Labute approximate surface area is 147 Å². The van der Waals surface area contributed by atoms with Crippen molar-refractivity contribution in [2.45, 2.75) is 31.2 Å². The summed E-state index contributed by atoms with van der Waals surface area (Å²) in [4.78, 5) is 23.1. The molecule has 1 aliphatic rings. The standard InChI is InChI=1S/C16H25N3O4S/c1-5-23-14(20)12-10-17-16(24-4)18-13(12)19-8-6-11(7-9-19)15(21-2)22-3/h10-11,15H,5-9H2,1-4H3. The van der Waals surface area contributed by atoms with E-state index in [1.807, 2.05) is 6.26 Å². The molecule has 1 aromatic rings. The minimum Gasteiger partial charge on any atom is -0.462 e. The third kappa shape index (κ3) is 4.37. The van der Waals surface area contributed by atoms with Crippen molar-refractivity contribution in [1.82, 2.24) is 9.97 Å². The number of piperidine rings is 1. The Balaban J connectivity index is 2.17. The van der Waals surface area contributed by atoms with Gasteiger partial charge in [0.05, 0.1) is 6.61 Å². The van der Waals surface area contributed by atoms with E-state index in [0.717, 1.165) is 25.9 Å². The fourth-order valence-corrected chi connectivity index (χ4v) is 3.25. The van der Waals surface area contributed by atoms with Gasteiger partial charge in [-0.1, -0.05) is 11.8 Å². The average Bonchev–Trinajstić information content (AvgIpc) is 2.63. The number of aromatic nitrogens is 2. The van der Waals surface area contributed by atoms with Crippen molar-refractivity contribution in [3.63, 3.8) is 0 Å². The molecular formula is C16H25N3O4S. The molecule has 0 radical (unpaired) electrons. The number of methoxy groups -OCH3 is 2. The number of carbonyl (C=O) groups is 1. The van der Waals surface area contributed by atoms with Crippen LogP contribution in [0.4, 0.5) is 5.82 Å². The molecule has 0 spiro atoms. The number of hydrogen-bond acceptors (Lipinski definition) is 8. The Morgan fingerprint density at radius 2 is 2.04 bits per heavy atom. The lowest BCUT2D eigenvalue weighted by Gasteiger charge is -2.35. The summed E-state index contributed by atoms with van der Waals surface area (Å²) in [5.41, 5.74) is 0.420. The minimum atomic E-state index is -0.381. The normalized spacial score (nSPS) is 15.8. The molecule has 2 rings (SSSR count). The first-order valence-electron chi connectivity index (χ1n) is 8.03. The van der Waals surface area contributed by atoms with Crippen LogP contribution in [-0.4, -0.2) is 62.4 Å². The number of thioether (sulfide) groups is 1. The number of rotatable bonds is 7. The molecule has 0 aliphatic carbocycles. The first-order valence-corrected chi connectivity index (χ1v) is 9.25. The Hall–Kier alpha value is -1.38. The van der Waals surface area contributed by atoms with Gasteiger partial charge in [-0.2, -0.15) is 0 Å². The van der Waals surface area contributed by atoms with Gasteiger partial charge in [0.25, 0.3) is 0 Å². The van der Waals surface area contributed by atoms with Crippen molar-refractivity contribution in [2.24, 2.45) is 5.92 Å². The summed E-state index contributed by atoms with van der Waals surface area (Å²) in [6.07, 6.45) is 5.10. The highest BCUT2D eigenvalue weighted by molar-refractivity contribution is 7.98. The van der Waals surface area contributed by atoms with E-state index in [0.29, 0.717) is 29.1 Å². The van der Waals surface area contributed by atoms with E-state index in [1.165, 1.54) is 11.8 Å². The van der Waals surface area contributed by atoms with Gasteiger partial charge in [0.1, 0.15) is 11.4 Å². The molecule has 1 aliphatic heterocycles. The van der Waals surface area contributed by atoms with Gasteiger partial charge in [-0.25, -0.2) is 14.8 Å². The molecule has 0 amide bonds. The molecular weight excluding hydrogens is 330 g/mol.